The van der Waals surface area contributed by atoms with E-state index < -0.39 is 5.97 Å². The minimum Gasteiger partial charge on any atom is -0.480 e. The minimum atomic E-state index is -0.911. The van der Waals surface area contributed by atoms with Crippen LogP contribution in [0.15, 0.2) is 0 Å². The number of aliphatic carboxylic acids is 1. The number of carboxylic acids is 1. The number of nitrogens with zero attached hydrogens (tertiary/aromatic N) is 1. The molecule has 100 valence electrons. The van der Waals surface area contributed by atoms with Gasteiger partial charge in [-0.05, 0) is 56.8 Å². The van der Waals surface area contributed by atoms with E-state index >= 15 is 0 Å². The summed E-state index contributed by atoms with van der Waals surface area (Å²) < 4.78 is 0. The molecular weight excluding hydrogens is 230 g/mol. The van der Waals surface area contributed by atoms with Gasteiger partial charge in [0, 0.05) is 12.0 Å². The molecule has 3 saturated carbocycles. The molecule has 0 radical (unpaired) electrons. The Labute approximate surface area is 107 Å². The van der Waals surface area contributed by atoms with Gasteiger partial charge in [0.2, 0.25) is 5.91 Å². The first-order valence-corrected chi connectivity index (χ1v) is 7.03. The van der Waals surface area contributed by atoms with Crippen LogP contribution < -0.4 is 0 Å². The number of rotatable bonds is 4. The number of amides is 1. The number of hydrogen-bond donors (Lipinski definition) is 1. The van der Waals surface area contributed by atoms with Gasteiger partial charge < -0.3 is 10.0 Å². The van der Waals surface area contributed by atoms with Gasteiger partial charge in [-0.15, -0.1) is 0 Å². The van der Waals surface area contributed by atoms with Crippen LogP contribution >= 0.6 is 0 Å². The van der Waals surface area contributed by atoms with E-state index in [1.807, 2.05) is 13.8 Å². The van der Waals surface area contributed by atoms with E-state index in [1.165, 1.54) is 19.3 Å². The van der Waals surface area contributed by atoms with E-state index in [0.717, 1.165) is 11.8 Å². The van der Waals surface area contributed by atoms with Gasteiger partial charge in [-0.3, -0.25) is 9.59 Å². The van der Waals surface area contributed by atoms with Crippen molar-refractivity contribution in [1.29, 1.82) is 0 Å². The zero-order valence-electron chi connectivity index (χ0n) is 11.0. The van der Waals surface area contributed by atoms with Gasteiger partial charge in [-0.1, -0.05) is 0 Å². The van der Waals surface area contributed by atoms with Gasteiger partial charge in [0.15, 0.2) is 0 Å². The second-order valence-electron chi connectivity index (χ2n) is 6.47. The van der Waals surface area contributed by atoms with Gasteiger partial charge in [0.05, 0.1) is 0 Å². The maximum absolute atomic E-state index is 12.5. The molecule has 0 spiro atoms. The summed E-state index contributed by atoms with van der Waals surface area (Å²) in [4.78, 5) is 24.9. The molecule has 18 heavy (non-hydrogen) atoms. The monoisotopic (exact) mass is 251 g/mol. The standard InChI is InChI=1S/C14H21NO3/c1-7(2)15(6-10(16)17)14(18)13-11-8-3-4-9(5-8)12(11)13/h7-9,11-13H,3-6H2,1-2H3,(H,16,17). The summed E-state index contributed by atoms with van der Waals surface area (Å²) >= 11 is 0. The maximum Gasteiger partial charge on any atom is 0.323 e. The zero-order chi connectivity index (χ0) is 13.0. The molecule has 1 amide bonds. The number of fused-ring (bicyclic) bond motifs is 5. The first-order chi connectivity index (χ1) is 8.50. The number of hydrogen-bond acceptors (Lipinski definition) is 2. The average molecular weight is 251 g/mol. The highest BCUT2D eigenvalue weighted by Crippen LogP contribution is 2.69. The van der Waals surface area contributed by atoms with Crippen LogP contribution in [0.5, 0.6) is 0 Å². The van der Waals surface area contributed by atoms with Gasteiger partial charge in [0.1, 0.15) is 6.54 Å². The zero-order valence-corrected chi connectivity index (χ0v) is 11.0. The van der Waals surface area contributed by atoms with Crippen LogP contribution in [0, 0.1) is 29.6 Å². The smallest absolute Gasteiger partial charge is 0.323 e. The maximum atomic E-state index is 12.5. The second-order valence-corrected chi connectivity index (χ2v) is 6.47. The van der Waals surface area contributed by atoms with E-state index in [-0.39, 0.29) is 24.4 Å². The molecule has 3 aliphatic carbocycles. The molecule has 4 unspecified atom stereocenters. The molecule has 4 atom stereocenters. The average Bonchev–Trinajstić information content (AvgIpc) is 2.73. The summed E-state index contributed by atoms with van der Waals surface area (Å²) in [5, 5.41) is 8.91. The van der Waals surface area contributed by atoms with Crippen LogP contribution in [0.3, 0.4) is 0 Å². The lowest BCUT2D eigenvalue weighted by atomic mass is 10.0. The third-order valence-electron chi connectivity index (χ3n) is 5.23. The Morgan fingerprint density at radius 3 is 2.22 bits per heavy atom. The lowest BCUT2D eigenvalue weighted by Crippen LogP contribution is -2.42. The van der Waals surface area contributed by atoms with Crippen molar-refractivity contribution in [3.8, 4) is 0 Å². The third kappa shape index (κ3) is 1.65. The molecule has 0 aliphatic heterocycles. The van der Waals surface area contributed by atoms with Crippen LogP contribution in [0.4, 0.5) is 0 Å². The largest absolute Gasteiger partial charge is 0.480 e. The normalized spacial score (nSPS) is 39.8. The van der Waals surface area contributed by atoms with Crippen LogP contribution in [0.25, 0.3) is 0 Å². The molecular formula is C14H21NO3. The summed E-state index contributed by atoms with van der Waals surface area (Å²) in [7, 11) is 0. The van der Waals surface area contributed by atoms with Crippen LogP contribution in [-0.4, -0.2) is 34.5 Å². The van der Waals surface area contributed by atoms with Gasteiger partial charge >= 0.3 is 5.97 Å². The van der Waals surface area contributed by atoms with Crippen molar-refractivity contribution in [3.63, 3.8) is 0 Å². The van der Waals surface area contributed by atoms with Crippen molar-refractivity contribution in [3.05, 3.63) is 0 Å². The Morgan fingerprint density at radius 1 is 1.22 bits per heavy atom. The number of carbonyl (C=O) groups excluding carboxylic acids is 1. The fourth-order valence-electron chi connectivity index (χ4n) is 4.51. The Bertz CT molecular complexity index is 377. The molecule has 3 fully saturated rings. The molecule has 4 nitrogen and oxygen atoms in total. The second kappa shape index (κ2) is 3.97. The summed E-state index contributed by atoms with van der Waals surface area (Å²) in [5.74, 6) is 2.03. The SMILES string of the molecule is CC(C)N(CC(=O)O)C(=O)C1C2C3CCC(C3)C12. The molecule has 0 aromatic heterocycles. The Hall–Kier alpha value is -1.06. The summed E-state index contributed by atoms with van der Waals surface area (Å²) in [6.07, 6.45) is 3.90. The molecule has 0 heterocycles. The summed E-state index contributed by atoms with van der Waals surface area (Å²) in [6.45, 7) is 3.64. The Balaban J connectivity index is 1.69. The topological polar surface area (TPSA) is 57.6 Å². The lowest BCUT2D eigenvalue weighted by Gasteiger charge is -2.26. The first kappa shape index (κ1) is 12.0. The third-order valence-corrected chi connectivity index (χ3v) is 5.23. The highest BCUT2D eigenvalue weighted by atomic mass is 16.4. The van der Waals surface area contributed by atoms with Crippen molar-refractivity contribution in [2.75, 3.05) is 6.54 Å². The summed E-state index contributed by atoms with van der Waals surface area (Å²) in [6, 6.07) is -0.0208. The van der Waals surface area contributed by atoms with Crippen molar-refractivity contribution in [2.24, 2.45) is 29.6 Å². The van der Waals surface area contributed by atoms with Crippen molar-refractivity contribution in [1.82, 2.24) is 4.90 Å². The Morgan fingerprint density at radius 2 is 1.78 bits per heavy atom. The molecule has 3 rings (SSSR count). The lowest BCUT2D eigenvalue weighted by molar-refractivity contribution is -0.146. The van der Waals surface area contributed by atoms with Crippen LogP contribution in [0.1, 0.15) is 33.1 Å². The molecule has 0 aromatic carbocycles. The van der Waals surface area contributed by atoms with E-state index in [1.54, 1.807) is 4.90 Å². The highest BCUT2D eigenvalue weighted by Gasteiger charge is 2.68. The van der Waals surface area contributed by atoms with Crippen LogP contribution in [-0.2, 0) is 9.59 Å². The quantitative estimate of drug-likeness (QED) is 0.825. The fraction of sp³-hybridized carbons (Fsp3) is 0.857. The van der Waals surface area contributed by atoms with Crippen molar-refractivity contribution >= 4 is 11.9 Å². The van der Waals surface area contributed by atoms with Crippen molar-refractivity contribution in [2.45, 2.75) is 39.2 Å². The highest BCUT2D eigenvalue weighted by molar-refractivity contribution is 5.86. The minimum absolute atomic E-state index is 0.0208. The van der Waals surface area contributed by atoms with E-state index in [9.17, 15) is 9.59 Å². The fourth-order valence-corrected chi connectivity index (χ4v) is 4.51. The Kier molecular flexibility index (Phi) is 2.65. The van der Waals surface area contributed by atoms with Gasteiger partial charge in [-0.2, -0.15) is 0 Å². The number of carbonyl (C=O) groups is 2. The number of carboxylic acid groups (broad SMARTS) is 1. The van der Waals surface area contributed by atoms with Gasteiger partial charge in [-0.25, -0.2) is 0 Å². The molecule has 3 aliphatic rings. The molecule has 1 N–H and O–H groups in total. The van der Waals surface area contributed by atoms with Gasteiger partial charge in [0.25, 0.3) is 0 Å². The van der Waals surface area contributed by atoms with E-state index in [4.69, 9.17) is 5.11 Å². The predicted molar refractivity (Wildman–Crippen MR) is 65.8 cm³/mol. The summed E-state index contributed by atoms with van der Waals surface area (Å²) in [5.41, 5.74) is 0. The van der Waals surface area contributed by atoms with E-state index in [2.05, 4.69) is 0 Å². The first-order valence-electron chi connectivity index (χ1n) is 7.03. The molecule has 0 saturated heterocycles. The van der Waals surface area contributed by atoms with E-state index in [0.29, 0.717) is 11.8 Å². The van der Waals surface area contributed by atoms with Crippen molar-refractivity contribution < 1.29 is 14.7 Å². The molecule has 0 aromatic rings. The predicted octanol–water partition coefficient (Wildman–Crippen LogP) is 1.60. The van der Waals surface area contributed by atoms with Crippen LogP contribution in [0.2, 0.25) is 0 Å². The molecule has 2 bridgehead atoms. The molecule has 4 heteroatoms.